The number of anilines is 2. The number of carbonyl (C=O) groups is 1. The van der Waals surface area contributed by atoms with E-state index in [1.165, 1.54) is 6.08 Å². The van der Waals surface area contributed by atoms with E-state index in [0.717, 1.165) is 11.6 Å². The maximum atomic E-state index is 14.4. The van der Waals surface area contributed by atoms with Crippen molar-refractivity contribution < 1.29 is 18.4 Å². The van der Waals surface area contributed by atoms with Gasteiger partial charge in [0, 0.05) is 6.20 Å². The monoisotopic (exact) mass is 475 g/mol. The molecule has 0 saturated heterocycles. The van der Waals surface area contributed by atoms with E-state index in [1.807, 2.05) is 6.92 Å². The standard InChI is InChI=1S/C16H13Br2F2N3O2/c1-3-4-25-23-16(24)9-6-10(17)12(19)13(20)14(9)22-15-11(18)5-8(2)7-21-15/h3,5-7H,1,4H2,2H3,(H,21,22)(H,23,24). The van der Waals surface area contributed by atoms with Gasteiger partial charge in [0.1, 0.15) is 5.82 Å². The van der Waals surface area contributed by atoms with Gasteiger partial charge < -0.3 is 5.32 Å². The van der Waals surface area contributed by atoms with Crippen LogP contribution in [0.25, 0.3) is 0 Å². The van der Waals surface area contributed by atoms with Crippen LogP contribution in [-0.2, 0) is 4.84 Å². The molecule has 132 valence electrons. The number of amides is 1. The number of hydrogen-bond donors (Lipinski definition) is 2. The summed E-state index contributed by atoms with van der Waals surface area (Å²) in [5.41, 5.74) is 2.48. The van der Waals surface area contributed by atoms with Gasteiger partial charge in [-0.15, -0.1) is 6.58 Å². The fourth-order valence-electron chi connectivity index (χ4n) is 1.86. The normalized spacial score (nSPS) is 10.4. The summed E-state index contributed by atoms with van der Waals surface area (Å²) in [7, 11) is 0. The van der Waals surface area contributed by atoms with Crippen LogP contribution in [0, 0.1) is 18.6 Å². The lowest BCUT2D eigenvalue weighted by Crippen LogP contribution is -2.25. The molecular weight excluding hydrogens is 464 g/mol. The van der Waals surface area contributed by atoms with Crippen LogP contribution < -0.4 is 10.8 Å². The zero-order valence-electron chi connectivity index (χ0n) is 13.0. The number of aryl methyl sites for hydroxylation is 1. The largest absolute Gasteiger partial charge is 0.336 e. The zero-order valence-corrected chi connectivity index (χ0v) is 16.2. The molecule has 1 aromatic carbocycles. The molecule has 0 spiro atoms. The van der Waals surface area contributed by atoms with Crippen LogP contribution in [0.15, 0.2) is 39.9 Å². The first-order valence-corrected chi connectivity index (χ1v) is 8.53. The second-order valence-corrected chi connectivity index (χ2v) is 6.62. The van der Waals surface area contributed by atoms with E-state index in [9.17, 15) is 13.6 Å². The Kier molecular flexibility index (Phi) is 6.63. The number of rotatable bonds is 6. The first kappa shape index (κ1) is 19.5. The first-order chi connectivity index (χ1) is 11.8. The van der Waals surface area contributed by atoms with Gasteiger partial charge >= 0.3 is 0 Å². The van der Waals surface area contributed by atoms with Crippen LogP contribution in [0.3, 0.4) is 0 Å². The highest BCUT2D eigenvalue weighted by molar-refractivity contribution is 9.10. The van der Waals surface area contributed by atoms with Crippen LogP contribution in [-0.4, -0.2) is 17.5 Å². The third-order valence-electron chi connectivity index (χ3n) is 2.99. The number of halogens is 4. The van der Waals surface area contributed by atoms with Crippen molar-refractivity contribution in [1.82, 2.24) is 10.5 Å². The molecule has 1 amide bonds. The summed E-state index contributed by atoms with van der Waals surface area (Å²) < 4.78 is 28.7. The minimum atomic E-state index is -1.22. The maximum absolute atomic E-state index is 14.4. The lowest BCUT2D eigenvalue weighted by atomic mass is 10.1. The van der Waals surface area contributed by atoms with Crippen molar-refractivity contribution in [2.75, 3.05) is 11.9 Å². The number of carbonyl (C=O) groups excluding carboxylic acids is 1. The molecule has 0 saturated carbocycles. The predicted octanol–water partition coefficient (Wildman–Crippen LogP) is 4.78. The molecule has 2 N–H and O–H groups in total. The minimum Gasteiger partial charge on any atom is -0.336 e. The molecule has 2 aromatic rings. The van der Waals surface area contributed by atoms with Crippen molar-refractivity contribution in [3.8, 4) is 0 Å². The van der Waals surface area contributed by atoms with Crippen LogP contribution in [0.5, 0.6) is 0 Å². The smallest absolute Gasteiger partial charge is 0.277 e. The second kappa shape index (κ2) is 8.50. The Labute approximate surface area is 159 Å². The number of pyridine rings is 1. The summed E-state index contributed by atoms with van der Waals surface area (Å²) in [5, 5.41) is 2.65. The van der Waals surface area contributed by atoms with Gasteiger partial charge in [0.25, 0.3) is 5.91 Å². The maximum Gasteiger partial charge on any atom is 0.277 e. The summed E-state index contributed by atoms with van der Waals surface area (Å²) >= 11 is 6.17. The fourth-order valence-corrected chi connectivity index (χ4v) is 2.83. The molecule has 0 fully saturated rings. The van der Waals surface area contributed by atoms with Gasteiger partial charge in [-0.05, 0) is 56.5 Å². The van der Waals surface area contributed by atoms with Crippen LogP contribution >= 0.6 is 31.9 Å². The van der Waals surface area contributed by atoms with Crippen molar-refractivity contribution in [3.05, 3.63) is 62.7 Å². The molecule has 5 nitrogen and oxygen atoms in total. The van der Waals surface area contributed by atoms with E-state index in [1.54, 1.807) is 12.3 Å². The number of aromatic nitrogens is 1. The summed E-state index contributed by atoms with van der Waals surface area (Å²) in [5.74, 6) is -2.88. The lowest BCUT2D eigenvalue weighted by Gasteiger charge is -2.15. The van der Waals surface area contributed by atoms with Crippen LogP contribution in [0.1, 0.15) is 15.9 Å². The Hall–Kier alpha value is -1.84. The van der Waals surface area contributed by atoms with E-state index in [2.05, 4.69) is 54.2 Å². The highest BCUT2D eigenvalue weighted by Crippen LogP contribution is 2.33. The van der Waals surface area contributed by atoms with E-state index in [4.69, 9.17) is 4.84 Å². The van der Waals surface area contributed by atoms with Crippen molar-refractivity contribution in [1.29, 1.82) is 0 Å². The lowest BCUT2D eigenvalue weighted by molar-refractivity contribution is 0.0422. The van der Waals surface area contributed by atoms with Crippen molar-refractivity contribution in [3.63, 3.8) is 0 Å². The molecule has 0 aliphatic carbocycles. The second-order valence-electron chi connectivity index (χ2n) is 4.91. The van der Waals surface area contributed by atoms with Gasteiger partial charge in [-0.2, -0.15) is 0 Å². The molecular formula is C16H13Br2F2N3O2. The zero-order chi connectivity index (χ0) is 18.6. The summed E-state index contributed by atoms with van der Waals surface area (Å²) in [6.07, 6.45) is 2.97. The van der Waals surface area contributed by atoms with Gasteiger partial charge in [-0.1, -0.05) is 6.08 Å². The Morgan fingerprint density at radius 2 is 2.04 bits per heavy atom. The first-order valence-electron chi connectivity index (χ1n) is 6.94. The molecule has 2 rings (SSSR count). The molecule has 25 heavy (non-hydrogen) atoms. The summed E-state index contributed by atoms with van der Waals surface area (Å²) in [6.45, 7) is 5.33. The molecule has 0 bridgehead atoms. The number of hydroxylamine groups is 1. The van der Waals surface area contributed by atoms with Crippen molar-refractivity contribution >= 4 is 49.3 Å². The molecule has 0 unspecified atom stereocenters. The molecule has 0 aliphatic heterocycles. The predicted molar refractivity (Wildman–Crippen MR) is 97.6 cm³/mol. The van der Waals surface area contributed by atoms with Crippen LogP contribution in [0.2, 0.25) is 0 Å². The van der Waals surface area contributed by atoms with E-state index < -0.39 is 17.5 Å². The van der Waals surface area contributed by atoms with Gasteiger partial charge in [0.05, 0.1) is 26.8 Å². The Morgan fingerprint density at radius 1 is 1.32 bits per heavy atom. The van der Waals surface area contributed by atoms with Gasteiger partial charge in [-0.25, -0.2) is 19.2 Å². The average Bonchev–Trinajstić information content (AvgIpc) is 2.57. The summed E-state index contributed by atoms with van der Waals surface area (Å²) in [6, 6.07) is 2.89. The van der Waals surface area contributed by atoms with E-state index >= 15 is 0 Å². The van der Waals surface area contributed by atoms with Crippen LogP contribution in [0.4, 0.5) is 20.3 Å². The Balaban J connectivity index is 2.45. The summed E-state index contributed by atoms with van der Waals surface area (Å²) in [4.78, 5) is 21.2. The van der Waals surface area contributed by atoms with Gasteiger partial charge in [-0.3, -0.25) is 9.63 Å². The topological polar surface area (TPSA) is 63.2 Å². The Morgan fingerprint density at radius 3 is 2.68 bits per heavy atom. The number of nitrogens with one attached hydrogen (secondary N) is 2. The molecule has 0 atom stereocenters. The molecule has 0 aliphatic rings. The van der Waals surface area contributed by atoms with Gasteiger partial charge in [0.15, 0.2) is 11.6 Å². The van der Waals surface area contributed by atoms with Gasteiger partial charge in [0.2, 0.25) is 0 Å². The van der Waals surface area contributed by atoms with E-state index in [0.29, 0.717) is 4.47 Å². The van der Waals surface area contributed by atoms with Crippen molar-refractivity contribution in [2.45, 2.75) is 6.92 Å². The number of benzene rings is 1. The molecule has 1 aromatic heterocycles. The van der Waals surface area contributed by atoms with E-state index in [-0.39, 0.29) is 28.1 Å². The third-order valence-corrected chi connectivity index (χ3v) is 4.18. The highest BCUT2D eigenvalue weighted by atomic mass is 79.9. The molecule has 9 heteroatoms. The Bertz CT molecular complexity index is 832. The third kappa shape index (κ3) is 4.62. The molecule has 0 radical (unpaired) electrons. The average molecular weight is 477 g/mol. The fraction of sp³-hybridized carbons (Fsp3) is 0.125. The molecule has 1 heterocycles. The quantitative estimate of drug-likeness (QED) is 0.272. The highest BCUT2D eigenvalue weighted by Gasteiger charge is 2.23. The number of hydrogen-bond acceptors (Lipinski definition) is 4. The minimum absolute atomic E-state index is 0.0599. The SMILES string of the molecule is C=CCONC(=O)c1cc(Br)c(F)c(F)c1Nc1ncc(C)cc1Br. The number of nitrogens with zero attached hydrogens (tertiary/aromatic N) is 1. The van der Waals surface area contributed by atoms with Crippen molar-refractivity contribution in [2.24, 2.45) is 0 Å².